The van der Waals surface area contributed by atoms with Gasteiger partial charge in [0.1, 0.15) is 5.82 Å². The summed E-state index contributed by atoms with van der Waals surface area (Å²) in [6.45, 7) is 4.36. The molecule has 1 aliphatic rings. The van der Waals surface area contributed by atoms with E-state index in [1.165, 1.54) is 12.1 Å². The molecule has 1 aliphatic heterocycles. The number of aliphatic hydroxyl groups is 1. The minimum absolute atomic E-state index is 0.183. The summed E-state index contributed by atoms with van der Waals surface area (Å²) < 4.78 is 15.1. The first kappa shape index (κ1) is 22.0. The molecule has 0 aliphatic carbocycles. The van der Waals surface area contributed by atoms with Crippen molar-refractivity contribution in [2.24, 2.45) is 0 Å². The van der Waals surface area contributed by atoms with Crippen LogP contribution >= 0.6 is 11.6 Å². The van der Waals surface area contributed by atoms with E-state index in [1.54, 1.807) is 16.8 Å². The normalized spacial score (nSPS) is 17.2. The highest BCUT2D eigenvalue weighted by atomic mass is 35.5. The third-order valence-corrected chi connectivity index (χ3v) is 5.96. The molecule has 7 heteroatoms. The van der Waals surface area contributed by atoms with Gasteiger partial charge in [0.25, 0.3) is 0 Å². The van der Waals surface area contributed by atoms with E-state index in [2.05, 4.69) is 10.2 Å². The quantitative estimate of drug-likeness (QED) is 0.511. The van der Waals surface area contributed by atoms with Crippen LogP contribution < -0.4 is 5.32 Å². The van der Waals surface area contributed by atoms with Crippen LogP contribution in [0.25, 0.3) is 16.9 Å². The molecule has 0 radical (unpaired) electrons. The smallest absolute Gasteiger partial charge is 0.123 e. The van der Waals surface area contributed by atoms with Gasteiger partial charge in [-0.25, -0.2) is 9.07 Å². The summed E-state index contributed by atoms with van der Waals surface area (Å²) in [6, 6.07) is 14.0. The summed E-state index contributed by atoms with van der Waals surface area (Å²) in [5.74, 6) is -0.273. The van der Waals surface area contributed by atoms with E-state index in [9.17, 15) is 9.50 Å². The van der Waals surface area contributed by atoms with Gasteiger partial charge in [-0.05, 0) is 69.2 Å². The number of halogens is 2. The predicted molar refractivity (Wildman–Crippen MR) is 122 cm³/mol. The summed E-state index contributed by atoms with van der Waals surface area (Å²) in [6.07, 6.45) is 4.79. The largest absolute Gasteiger partial charge is 0.392 e. The highest BCUT2D eigenvalue weighted by molar-refractivity contribution is 6.33. The third-order valence-electron chi connectivity index (χ3n) is 5.63. The minimum Gasteiger partial charge on any atom is -0.392 e. The van der Waals surface area contributed by atoms with E-state index in [1.807, 2.05) is 30.5 Å². The van der Waals surface area contributed by atoms with Crippen LogP contribution in [0.1, 0.15) is 24.8 Å². The topological polar surface area (TPSA) is 53.3 Å². The maximum Gasteiger partial charge on any atom is 0.123 e. The van der Waals surface area contributed by atoms with Crippen molar-refractivity contribution in [3.8, 4) is 16.9 Å². The highest BCUT2D eigenvalue weighted by Gasteiger charge is 2.17. The van der Waals surface area contributed by atoms with Gasteiger partial charge in [-0.1, -0.05) is 29.8 Å². The molecule has 2 N–H and O–H groups in total. The fourth-order valence-electron chi connectivity index (χ4n) is 4.03. The van der Waals surface area contributed by atoms with Crippen LogP contribution in [0.2, 0.25) is 5.02 Å². The molecular formula is C24H28ClFN4O. The van der Waals surface area contributed by atoms with E-state index in [4.69, 9.17) is 16.7 Å². The zero-order valence-corrected chi connectivity index (χ0v) is 18.2. The van der Waals surface area contributed by atoms with Gasteiger partial charge in [0, 0.05) is 30.4 Å². The number of rotatable bonds is 8. The maximum absolute atomic E-state index is 13.3. The first-order valence-electron chi connectivity index (χ1n) is 10.8. The van der Waals surface area contributed by atoms with Gasteiger partial charge in [0.15, 0.2) is 0 Å². The van der Waals surface area contributed by atoms with Gasteiger partial charge < -0.3 is 15.3 Å². The molecule has 1 fully saturated rings. The fraction of sp³-hybridized carbons (Fsp3) is 0.375. The lowest BCUT2D eigenvalue weighted by Crippen LogP contribution is -2.39. The average molecular weight is 443 g/mol. The first-order valence-corrected chi connectivity index (χ1v) is 11.2. The SMILES string of the molecule is O[C@@H]1CCCN(CCCNCc2cn(-c3ccc(F)cc3)nc2-c2ccccc2Cl)C1. The molecule has 0 spiro atoms. The zero-order chi connectivity index (χ0) is 21.6. The Morgan fingerprint density at radius 3 is 2.74 bits per heavy atom. The zero-order valence-electron chi connectivity index (χ0n) is 17.5. The maximum atomic E-state index is 13.3. The Morgan fingerprint density at radius 1 is 1.16 bits per heavy atom. The number of likely N-dealkylation sites (tertiary alicyclic amines) is 1. The molecular weight excluding hydrogens is 415 g/mol. The number of β-amino-alcohol motifs (C(OH)–C–C–N with tert-alkyl or cyclic N) is 1. The third kappa shape index (κ3) is 5.71. The van der Waals surface area contributed by atoms with Crippen molar-refractivity contribution in [1.82, 2.24) is 20.0 Å². The van der Waals surface area contributed by atoms with Gasteiger partial charge in [0.2, 0.25) is 0 Å². The number of nitrogens with zero attached hydrogens (tertiary/aromatic N) is 3. The van der Waals surface area contributed by atoms with Gasteiger partial charge >= 0.3 is 0 Å². The Bertz CT molecular complexity index is 991. The van der Waals surface area contributed by atoms with Crippen molar-refractivity contribution in [2.45, 2.75) is 31.9 Å². The average Bonchev–Trinajstić information content (AvgIpc) is 3.18. The summed E-state index contributed by atoms with van der Waals surface area (Å²) in [5.41, 5.74) is 3.53. The van der Waals surface area contributed by atoms with Crippen molar-refractivity contribution >= 4 is 11.6 Å². The molecule has 1 aromatic heterocycles. The van der Waals surface area contributed by atoms with Crippen molar-refractivity contribution in [3.05, 3.63) is 71.1 Å². The van der Waals surface area contributed by atoms with Gasteiger partial charge in [-0.15, -0.1) is 0 Å². The number of nitrogens with one attached hydrogen (secondary N) is 1. The fourth-order valence-corrected chi connectivity index (χ4v) is 4.26. The van der Waals surface area contributed by atoms with Crippen LogP contribution in [0.3, 0.4) is 0 Å². The molecule has 4 rings (SSSR count). The number of aromatic nitrogens is 2. The van der Waals surface area contributed by atoms with Gasteiger partial charge in [-0.3, -0.25) is 0 Å². The minimum atomic E-state index is -0.273. The standard InChI is InChI=1S/C24H28ClFN4O/c25-23-7-2-1-6-22(23)24-18(16-30(28-24)20-10-8-19(26)9-11-20)15-27-12-4-14-29-13-3-5-21(31)17-29/h1-2,6-11,16,21,27,31H,3-5,12-15,17H2/t21-/m1/s1. The van der Waals surface area contributed by atoms with Gasteiger partial charge in [-0.2, -0.15) is 5.10 Å². The Labute approximate surface area is 187 Å². The first-order chi connectivity index (χ1) is 15.1. The van der Waals surface area contributed by atoms with Crippen molar-refractivity contribution in [1.29, 1.82) is 0 Å². The molecule has 0 unspecified atom stereocenters. The molecule has 0 bridgehead atoms. The highest BCUT2D eigenvalue weighted by Crippen LogP contribution is 2.30. The molecule has 31 heavy (non-hydrogen) atoms. The van der Waals surface area contributed by atoms with Crippen molar-refractivity contribution < 1.29 is 9.50 Å². The lowest BCUT2D eigenvalue weighted by atomic mass is 10.1. The second-order valence-corrected chi connectivity index (χ2v) is 8.44. The number of piperidine rings is 1. The van der Waals surface area contributed by atoms with Crippen LogP contribution in [0, 0.1) is 5.82 Å². The lowest BCUT2D eigenvalue weighted by molar-refractivity contribution is 0.0702. The molecule has 5 nitrogen and oxygen atoms in total. The molecule has 1 atom stereocenters. The van der Waals surface area contributed by atoms with E-state index in [0.717, 1.165) is 67.9 Å². The van der Waals surface area contributed by atoms with E-state index >= 15 is 0 Å². The predicted octanol–water partition coefficient (Wildman–Crippen LogP) is 4.27. The Balaban J connectivity index is 1.44. The number of benzene rings is 2. The van der Waals surface area contributed by atoms with E-state index in [-0.39, 0.29) is 11.9 Å². The van der Waals surface area contributed by atoms with Crippen LogP contribution in [-0.2, 0) is 6.54 Å². The molecule has 0 amide bonds. The van der Waals surface area contributed by atoms with Gasteiger partial charge in [0.05, 0.1) is 22.5 Å². The van der Waals surface area contributed by atoms with Crippen LogP contribution in [0.4, 0.5) is 4.39 Å². The Hall–Kier alpha value is -2.25. The summed E-state index contributed by atoms with van der Waals surface area (Å²) in [7, 11) is 0. The molecule has 164 valence electrons. The molecule has 2 heterocycles. The van der Waals surface area contributed by atoms with Crippen LogP contribution in [0.5, 0.6) is 0 Å². The number of aliphatic hydroxyl groups excluding tert-OH is 1. The molecule has 3 aromatic rings. The summed E-state index contributed by atoms with van der Waals surface area (Å²) in [5, 5.41) is 18.7. The second kappa shape index (κ2) is 10.4. The second-order valence-electron chi connectivity index (χ2n) is 8.03. The summed E-state index contributed by atoms with van der Waals surface area (Å²) >= 11 is 6.44. The van der Waals surface area contributed by atoms with Crippen LogP contribution in [0.15, 0.2) is 54.7 Å². The summed E-state index contributed by atoms with van der Waals surface area (Å²) in [4.78, 5) is 2.33. The van der Waals surface area contributed by atoms with E-state index < -0.39 is 0 Å². The monoisotopic (exact) mass is 442 g/mol. The Morgan fingerprint density at radius 2 is 1.97 bits per heavy atom. The number of hydrogen-bond donors (Lipinski definition) is 2. The Kier molecular flexibility index (Phi) is 7.35. The van der Waals surface area contributed by atoms with Crippen molar-refractivity contribution in [3.63, 3.8) is 0 Å². The lowest BCUT2D eigenvalue weighted by Gasteiger charge is -2.29. The van der Waals surface area contributed by atoms with Crippen molar-refractivity contribution in [2.75, 3.05) is 26.2 Å². The van der Waals surface area contributed by atoms with Crippen LogP contribution in [-0.4, -0.2) is 52.1 Å². The number of hydrogen-bond acceptors (Lipinski definition) is 4. The molecule has 1 saturated heterocycles. The molecule has 2 aromatic carbocycles. The molecule has 0 saturated carbocycles. The van der Waals surface area contributed by atoms with E-state index in [0.29, 0.717) is 11.6 Å².